The first-order chi connectivity index (χ1) is 8.22. The summed E-state index contributed by atoms with van der Waals surface area (Å²) in [6, 6.07) is 0. The van der Waals surface area contributed by atoms with Crippen molar-refractivity contribution in [2.45, 2.75) is 38.4 Å². The molecule has 2 amide bonds. The average Bonchev–Trinajstić information content (AvgIpc) is 2.31. The third-order valence-corrected chi connectivity index (χ3v) is 2.12. The van der Waals surface area contributed by atoms with Crippen LogP contribution in [0.4, 0.5) is 0 Å². The maximum atomic E-state index is 11.1. The summed E-state index contributed by atoms with van der Waals surface area (Å²) in [6.07, 6.45) is -7.52. The molecule has 0 bridgehead atoms. The molecule has 0 aromatic heterocycles. The quantitative estimate of drug-likeness (QED) is 0.221. The summed E-state index contributed by atoms with van der Waals surface area (Å²) >= 11 is 0. The lowest BCUT2D eigenvalue weighted by atomic mass is 10.1. The Kier molecular flexibility index (Phi) is 6.73. The molecule has 6 N–H and O–H groups in total. The molecule has 18 heavy (non-hydrogen) atoms. The zero-order valence-corrected chi connectivity index (χ0v) is 10.0. The van der Waals surface area contributed by atoms with E-state index in [1.54, 1.807) is 0 Å². The molecule has 0 heterocycles. The molecule has 1 unspecified atom stereocenters. The van der Waals surface area contributed by atoms with Gasteiger partial charge in [-0.25, -0.2) is 5.01 Å². The Labute approximate surface area is 103 Å². The number of carbonyl (C=O) groups is 2. The van der Waals surface area contributed by atoms with E-state index in [1.165, 1.54) is 0 Å². The van der Waals surface area contributed by atoms with Crippen LogP contribution in [0.2, 0.25) is 0 Å². The second-order valence-corrected chi connectivity index (χ2v) is 3.70. The highest BCUT2D eigenvalue weighted by Crippen LogP contribution is 2.08. The van der Waals surface area contributed by atoms with Crippen molar-refractivity contribution in [2.75, 3.05) is 6.61 Å². The van der Waals surface area contributed by atoms with Gasteiger partial charge in [-0.05, 0) is 0 Å². The molecule has 0 aliphatic carbocycles. The van der Waals surface area contributed by atoms with E-state index in [-0.39, 0.29) is 0 Å². The lowest BCUT2D eigenvalue weighted by molar-refractivity contribution is -0.181. The van der Waals surface area contributed by atoms with Crippen molar-refractivity contribution in [2.24, 2.45) is 0 Å². The summed E-state index contributed by atoms with van der Waals surface area (Å²) in [5.74, 6) is -1.46. The molecule has 9 heteroatoms. The number of hydrogen-bond donors (Lipinski definition) is 6. The van der Waals surface area contributed by atoms with Crippen LogP contribution in [0.25, 0.3) is 0 Å². The maximum Gasteiger partial charge on any atom is 0.240 e. The molecule has 0 rings (SSSR count). The lowest BCUT2D eigenvalue weighted by Gasteiger charge is -2.32. The molecule has 0 aliphatic rings. The predicted octanol–water partition coefficient (Wildman–Crippen LogP) is -3.72. The van der Waals surface area contributed by atoms with E-state index in [0.717, 1.165) is 13.8 Å². The van der Waals surface area contributed by atoms with Gasteiger partial charge in [-0.1, -0.05) is 0 Å². The molecular formula is C9H18N2O7. The molecule has 0 aliphatic heterocycles. The molecule has 4 atom stereocenters. The van der Waals surface area contributed by atoms with Crippen LogP contribution in [-0.4, -0.2) is 73.5 Å². The number of hydrogen-bond acceptors (Lipinski definition) is 7. The van der Waals surface area contributed by atoms with Crippen molar-refractivity contribution in [1.29, 1.82) is 0 Å². The summed E-state index contributed by atoms with van der Waals surface area (Å²) in [5, 5.41) is 46.5. The first-order valence-electron chi connectivity index (χ1n) is 5.12. The smallest absolute Gasteiger partial charge is 0.240 e. The van der Waals surface area contributed by atoms with E-state index in [0.29, 0.717) is 5.01 Å². The van der Waals surface area contributed by atoms with Gasteiger partial charge >= 0.3 is 0 Å². The van der Waals surface area contributed by atoms with Gasteiger partial charge in [0.15, 0.2) is 6.23 Å². The van der Waals surface area contributed by atoms with E-state index >= 15 is 0 Å². The van der Waals surface area contributed by atoms with Crippen LogP contribution in [0.15, 0.2) is 0 Å². The van der Waals surface area contributed by atoms with Crippen molar-refractivity contribution in [1.82, 2.24) is 10.4 Å². The predicted molar refractivity (Wildman–Crippen MR) is 57.4 cm³/mol. The topological polar surface area (TPSA) is 151 Å². The van der Waals surface area contributed by atoms with E-state index in [9.17, 15) is 24.9 Å². The second kappa shape index (κ2) is 7.24. The van der Waals surface area contributed by atoms with Gasteiger partial charge in [0.05, 0.1) is 6.61 Å². The van der Waals surface area contributed by atoms with Crippen molar-refractivity contribution in [3.8, 4) is 0 Å². The molecular weight excluding hydrogens is 248 g/mol. The van der Waals surface area contributed by atoms with Crippen molar-refractivity contribution in [3.63, 3.8) is 0 Å². The van der Waals surface area contributed by atoms with Gasteiger partial charge in [0.2, 0.25) is 11.8 Å². The summed E-state index contributed by atoms with van der Waals surface area (Å²) in [4.78, 5) is 21.9. The van der Waals surface area contributed by atoms with Gasteiger partial charge in [-0.15, -0.1) is 0 Å². The zero-order valence-electron chi connectivity index (χ0n) is 10.0. The van der Waals surface area contributed by atoms with Gasteiger partial charge in [-0.3, -0.25) is 15.0 Å². The van der Waals surface area contributed by atoms with Crippen molar-refractivity contribution >= 4 is 11.8 Å². The highest BCUT2D eigenvalue weighted by molar-refractivity contribution is 5.79. The van der Waals surface area contributed by atoms with Gasteiger partial charge < -0.3 is 25.5 Å². The van der Waals surface area contributed by atoms with Crippen molar-refractivity contribution in [3.05, 3.63) is 0 Å². The Bertz CT molecular complexity index is 299. The SMILES string of the molecule is CC(=O)NN(C(C)=O)C(O)[C@H](O)[C@@H](O)[C@H](O)CO. The van der Waals surface area contributed by atoms with E-state index in [2.05, 4.69) is 0 Å². The van der Waals surface area contributed by atoms with E-state index < -0.39 is 43.0 Å². The Morgan fingerprint density at radius 3 is 1.94 bits per heavy atom. The maximum absolute atomic E-state index is 11.1. The molecule has 0 radical (unpaired) electrons. The minimum absolute atomic E-state index is 0.403. The fourth-order valence-corrected chi connectivity index (χ4v) is 1.17. The molecule has 0 aromatic rings. The number of aliphatic hydroxyl groups is 5. The minimum atomic E-state index is -1.97. The fourth-order valence-electron chi connectivity index (χ4n) is 1.17. The minimum Gasteiger partial charge on any atom is -0.394 e. The summed E-state index contributed by atoms with van der Waals surface area (Å²) in [6.45, 7) is 1.25. The van der Waals surface area contributed by atoms with Crippen LogP contribution in [0, 0.1) is 0 Å². The van der Waals surface area contributed by atoms with Gasteiger partial charge in [0.1, 0.15) is 18.3 Å². The number of rotatable bonds is 5. The Hall–Kier alpha value is -1.26. The second-order valence-electron chi connectivity index (χ2n) is 3.70. The number of nitrogens with one attached hydrogen (secondary N) is 1. The standard InChI is InChI=1S/C9H18N2O7/c1-4(13)10-11(5(2)14)9(18)8(17)7(16)6(15)3-12/h6-9,12,15-18H,3H2,1-2H3,(H,10,13)/t6-,7+,8-,9?/m1/s1. The summed E-state index contributed by atoms with van der Waals surface area (Å²) < 4.78 is 0. The first-order valence-corrected chi connectivity index (χ1v) is 5.12. The van der Waals surface area contributed by atoms with Crippen LogP contribution in [-0.2, 0) is 9.59 Å². The number of nitrogens with zero attached hydrogens (tertiary/aromatic N) is 1. The number of aliphatic hydroxyl groups excluding tert-OH is 5. The molecule has 0 saturated carbocycles. The molecule has 106 valence electrons. The number of amides is 2. The Morgan fingerprint density at radius 2 is 1.61 bits per heavy atom. The zero-order chi connectivity index (χ0) is 14.5. The van der Waals surface area contributed by atoms with Gasteiger partial charge in [0.25, 0.3) is 0 Å². The monoisotopic (exact) mass is 266 g/mol. The van der Waals surface area contributed by atoms with Crippen LogP contribution in [0.5, 0.6) is 0 Å². The molecule has 0 fully saturated rings. The Balaban J connectivity index is 4.80. The third kappa shape index (κ3) is 4.55. The molecule has 0 saturated heterocycles. The van der Waals surface area contributed by atoms with Crippen LogP contribution >= 0.6 is 0 Å². The highest BCUT2D eigenvalue weighted by atomic mass is 16.4. The van der Waals surface area contributed by atoms with E-state index in [1.807, 2.05) is 5.43 Å². The van der Waals surface area contributed by atoms with Gasteiger partial charge in [-0.2, -0.15) is 0 Å². The van der Waals surface area contributed by atoms with Crippen LogP contribution in [0.1, 0.15) is 13.8 Å². The average molecular weight is 266 g/mol. The lowest BCUT2D eigenvalue weighted by Crippen LogP contribution is -2.59. The summed E-state index contributed by atoms with van der Waals surface area (Å²) in [5.41, 5.74) is 1.95. The van der Waals surface area contributed by atoms with Crippen LogP contribution in [0.3, 0.4) is 0 Å². The fraction of sp³-hybridized carbons (Fsp3) is 0.778. The first kappa shape index (κ1) is 16.7. The van der Waals surface area contributed by atoms with Crippen molar-refractivity contribution < 1.29 is 35.1 Å². The summed E-state index contributed by atoms with van der Waals surface area (Å²) in [7, 11) is 0. The molecule has 0 aromatic carbocycles. The largest absolute Gasteiger partial charge is 0.394 e. The highest BCUT2D eigenvalue weighted by Gasteiger charge is 2.35. The normalized spacial score (nSPS) is 17.5. The third-order valence-electron chi connectivity index (χ3n) is 2.12. The number of carbonyl (C=O) groups excluding carboxylic acids is 2. The number of hydrazine groups is 1. The molecule has 0 spiro atoms. The van der Waals surface area contributed by atoms with Crippen LogP contribution < -0.4 is 5.43 Å². The van der Waals surface area contributed by atoms with Gasteiger partial charge in [0, 0.05) is 13.8 Å². The van der Waals surface area contributed by atoms with E-state index in [4.69, 9.17) is 10.2 Å². The molecule has 9 nitrogen and oxygen atoms in total. The Morgan fingerprint density at radius 1 is 1.11 bits per heavy atom.